The van der Waals surface area contributed by atoms with E-state index in [2.05, 4.69) is 0 Å². The first-order chi connectivity index (χ1) is 9.73. The number of amides is 1. The number of hydrogen-bond acceptors (Lipinski definition) is 3. The monoisotopic (exact) mass is 297 g/mol. The van der Waals surface area contributed by atoms with Crippen LogP contribution in [-0.2, 0) is 9.53 Å². The fraction of sp³-hybridized carbons (Fsp3) is 0.875. The molecule has 0 radical (unpaired) electrons. The molecule has 2 aliphatic rings. The van der Waals surface area contributed by atoms with Crippen molar-refractivity contribution >= 4 is 12.1 Å². The second-order valence-corrected chi connectivity index (χ2v) is 7.45. The summed E-state index contributed by atoms with van der Waals surface area (Å²) in [4.78, 5) is 25.5. The number of carbonyl (C=O) groups is 2. The Balaban J connectivity index is 1.99. The number of aliphatic carboxylic acids is 1. The molecule has 0 aromatic rings. The van der Waals surface area contributed by atoms with Crippen molar-refractivity contribution in [3.05, 3.63) is 0 Å². The molecule has 2 fully saturated rings. The topological polar surface area (TPSA) is 66.8 Å². The molecule has 0 bridgehead atoms. The summed E-state index contributed by atoms with van der Waals surface area (Å²) in [5.74, 6) is -0.724. The number of ether oxygens (including phenoxy) is 1. The zero-order chi connectivity index (χ0) is 15.7. The number of carboxylic acid groups (broad SMARTS) is 1. The van der Waals surface area contributed by atoms with Gasteiger partial charge in [-0.3, -0.25) is 4.79 Å². The van der Waals surface area contributed by atoms with Crippen molar-refractivity contribution in [3.63, 3.8) is 0 Å². The minimum Gasteiger partial charge on any atom is -0.481 e. The van der Waals surface area contributed by atoms with Gasteiger partial charge < -0.3 is 14.7 Å². The van der Waals surface area contributed by atoms with Crippen molar-refractivity contribution in [1.29, 1.82) is 0 Å². The molecule has 2 aliphatic carbocycles. The molecule has 1 amide bonds. The maximum atomic E-state index is 12.4. The highest BCUT2D eigenvalue weighted by molar-refractivity contribution is 5.77. The van der Waals surface area contributed by atoms with Crippen molar-refractivity contribution in [2.45, 2.75) is 77.4 Å². The fourth-order valence-corrected chi connectivity index (χ4v) is 3.02. The first kappa shape index (κ1) is 16.1. The third-order valence-corrected chi connectivity index (χ3v) is 4.53. The summed E-state index contributed by atoms with van der Waals surface area (Å²) in [6.45, 7) is 6.07. The molecule has 1 N–H and O–H groups in total. The molecular weight excluding hydrogens is 270 g/mol. The normalized spacial score (nSPS) is 21.1. The molecule has 0 aromatic heterocycles. The standard InChI is InChI=1S/C16H27NO4/c1-15(2,3)21-14(20)17(12-6-4-5-7-12)11-10-16(8-9-16)13(18)19/h12H,4-11H2,1-3H3,(H,18,19). The molecular formula is C16H27NO4. The van der Waals surface area contributed by atoms with Gasteiger partial charge in [0.15, 0.2) is 0 Å². The first-order valence-corrected chi connectivity index (χ1v) is 7.97. The number of nitrogens with zero attached hydrogens (tertiary/aromatic N) is 1. The fourth-order valence-electron chi connectivity index (χ4n) is 3.02. The SMILES string of the molecule is CC(C)(C)OC(=O)N(CCC1(C(=O)O)CC1)C1CCCC1. The molecule has 0 saturated heterocycles. The van der Waals surface area contributed by atoms with Crippen LogP contribution in [0.2, 0.25) is 0 Å². The quantitative estimate of drug-likeness (QED) is 0.844. The van der Waals surface area contributed by atoms with Crippen molar-refractivity contribution in [2.75, 3.05) is 6.54 Å². The summed E-state index contributed by atoms with van der Waals surface area (Å²) in [5, 5.41) is 9.27. The molecule has 0 unspecified atom stereocenters. The van der Waals surface area contributed by atoms with Crippen LogP contribution in [0.1, 0.15) is 65.7 Å². The van der Waals surface area contributed by atoms with Crippen LogP contribution in [0.3, 0.4) is 0 Å². The number of carboxylic acids is 1. The lowest BCUT2D eigenvalue weighted by Crippen LogP contribution is -2.43. The Labute approximate surface area is 126 Å². The van der Waals surface area contributed by atoms with Gasteiger partial charge in [0.2, 0.25) is 0 Å². The molecule has 120 valence electrons. The Morgan fingerprint density at radius 2 is 1.81 bits per heavy atom. The van der Waals surface area contributed by atoms with E-state index in [-0.39, 0.29) is 12.1 Å². The largest absolute Gasteiger partial charge is 0.481 e. The van der Waals surface area contributed by atoms with Crippen molar-refractivity contribution < 1.29 is 19.4 Å². The van der Waals surface area contributed by atoms with Crippen molar-refractivity contribution in [1.82, 2.24) is 4.90 Å². The van der Waals surface area contributed by atoms with Gasteiger partial charge in [-0.25, -0.2) is 4.79 Å². The molecule has 0 aromatic carbocycles. The van der Waals surface area contributed by atoms with Gasteiger partial charge in [-0.1, -0.05) is 12.8 Å². The highest BCUT2D eigenvalue weighted by Gasteiger charge is 2.50. The van der Waals surface area contributed by atoms with Crippen LogP contribution in [0.15, 0.2) is 0 Å². The molecule has 0 heterocycles. The first-order valence-electron chi connectivity index (χ1n) is 7.97. The third-order valence-electron chi connectivity index (χ3n) is 4.53. The van der Waals surface area contributed by atoms with Gasteiger partial charge in [0.25, 0.3) is 0 Å². The van der Waals surface area contributed by atoms with Gasteiger partial charge in [-0.15, -0.1) is 0 Å². The highest BCUT2D eigenvalue weighted by Crippen LogP contribution is 2.49. The number of carbonyl (C=O) groups excluding carboxylic acids is 1. The van der Waals surface area contributed by atoms with Crippen LogP contribution < -0.4 is 0 Å². The van der Waals surface area contributed by atoms with Crippen LogP contribution in [0.5, 0.6) is 0 Å². The Kier molecular flexibility index (Phi) is 4.49. The van der Waals surface area contributed by atoms with E-state index in [9.17, 15) is 14.7 Å². The van der Waals surface area contributed by atoms with Gasteiger partial charge in [0, 0.05) is 12.6 Å². The smallest absolute Gasteiger partial charge is 0.410 e. The lowest BCUT2D eigenvalue weighted by atomic mass is 10.0. The van der Waals surface area contributed by atoms with Crippen LogP contribution in [0.25, 0.3) is 0 Å². The van der Waals surface area contributed by atoms with E-state index in [0.717, 1.165) is 38.5 Å². The maximum Gasteiger partial charge on any atom is 0.410 e. The lowest BCUT2D eigenvalue weighted by Gasteiger charge is -2.32. The zero-order valence-corrected chi connectivity index (χ0v) is 13.4. The molecule has 5 nitrogen and oxygen atoms in total. The summed E-state index contributed by atoms with van der Waals surface area (Å²) in [7, 11) is 0. The molecule has 2 rings (SSSR count). The Bertz CT molecular complexity index is 403. The molecule has 0 aliphatic heterocycles. The molecule has 0 spiro atoms. The van der Waals surface area contributed by atoms with Crippen LogP contribution in [0.4, 0.5) is 4.79 Å². The van der Waals surface area contributed by atoms with Gasteiger partial charge in [-0.2, -0.15) is 0 Å². The highest BCUT2D eigenvalue weighted by atomic mass is 16.6. The van der Waals surface area contributed by atoms with Gasteiger partial charge in [0.05, 0.1) is 5.41 Å². The van der Waals surface area contributed by atoms with E-state index in [1.807, 2.05) is 20.8 Å². The summed E-state index contributed by atoms with van der Waals surface area (Å²) in [6, 6.07) is 0.212. The van der Waals surface area contributed by atoms with Crippen LogP contribution >= 0.6 is 0 Å². The predicted molar refractivity (Wildman–Crippen MR) is 79.1 cm³/mol. The van der Waals surface area contributed by atoms with Gasteiger partial charge in [-0.05, 0) is 52.9 Å². The summed E-state index contributed by atoms with van der Waals surface area (Å²) in [5.41, 5.74) is -1.10. The van der Waals surface area contributed by atoms with Crippen LogP contribution in [0, 0.1) is 5.41 Å². The molecule has 0 atom stereocenters. The number of rotatable bonds is 5. The Hall–Kier alpha value is -1.26. The Morgan fingerprint density at radius 1 is 1.24 bits per heavy atom. The maximum absolute atomic E-state index is 12.4. The predicted octanol–water partition coefficient (Wildman–Crippen LogP) is 3.42. The van der Waals surface area contributed by atoms with E-state index in [1.54, 1.807) is 4.90 Å². The molecule has 5 heteroatoms. The van der Waals surface area contributed by atoms with E-state index in [1.165, 1.54) is 0 Å². The molecule has 2 saturated carbocycles. The second kappa shape index (κ2) is 5.85. The van der Waals surface area contributed by atoms with E-state index < -0.39 is 17.0 Å². The van der Waals surface area contributed by atoms with Crippen molar-refractivity contribution in [2.24, 2.45) is 5.41 Å². The minimum atomic E-state index is -0.724. The number of hydrogen-bond donors (Lipinski definition) is 1. The average molecular weight is 297 g/mol. The van der Waals surface area contributed by atoms with Gasteiger partial charge in [0.1, 0.15) is 5.60 Å². The van der Waals surface area contributed by atoms with E-state index >= 15 is 0 Å². The third kappa shape index (κ3) is 4.11. The minimum absolute atomic E-state index is 0.212. The Morgan fingerprint density at radius 3 is 2.24 bits per heavy atom. The second-order valence-electron chi connectivity index (χ2n) is 7.45. The lowest BCUT2D eigenvalue weighted by molar-refractivity contribution is -0.143. The average Bonchev–Trinajstić information content (AvgIpc) is 2.95. The van der Waals surface area contributed by atoms with E-state index in [4.69, 9.17) is 4.74 Å². The van der Waals surface area contributed by atoms with Gasteiger partial charge >= 0.3 is 12.1 Å². The summed E-state index contributed by atoms with van der Waals surface area (Å²) in [6.07, 6.45) is 5.97. The summed E-state index contributed by atoms with van der Waals surface area (Å²) < 4.78 is 5.50. The van der Waals surface area contributed by atoms with E-state index in [0.29, 0.717) is 13.0 Å². The summed E-state index contributed by atoms with van der Waals surface area (Å²) >= 11 is 0. The zero-order valence-electron chi connectivity index (χ0n) is 13.4. The van der Waals surface area contributed by atoms with Crippen molar-refractivity contribution in [3.8, 4) is 0 Å². The van der Waals surface area contributed by atoms with Crippen LogP contribution in [-0.4, -0.2) is 40.3 Å². The molecule has 21 heavy (non-hydrogen) atoms.